The smallest absolute Gasteiger partial charge is 0.159 e. The zero-order valence-electron chi connectivity index (χ0n) is 7.07. The van der Waals surface area contributed by atoms with Gasteiger partial charge in [-0.25, -0.2) is 4.98 Å². The second-order valence-corrected chi connectivity index (χ2v) is 4.78. The van der Waals surface area contributed by atoms with E-state index < -0.39 is 0 Å². The van der Waals surface area contributed by atoms with Gasteiger partial charge >= 0.3 is 0 Å². The first-order valence-electron chi connectivity index (χ1n) is 3.92. The molecule has 0 amide bonds. The van der Waals surface area contributed by atoms with Gasteiger partial charge in [0.1, 0.15) is 0 Å². The fraction of sp³-hybridized carbons (Fsp3) is 0. The van der Waals surface area contributed by atoms with Crippen LogP contribution < -0.4 is 0 Å². The molecule has 1 heterocycles. The first-order chi connectivity index (χ1) is 6.81. The number of nitrogens with zero attached hydrogens (tertiary/aromatic N) is 2. The fourth-order valence-electron chi connectivity index (χ4n) is 1.18. The topological polar surface area (TPSA) is 36.7 Å². The highest BCUT2D eigenvalue weighted by Crippen LogP contribution is 2.26. The summed E-state index contributed by atoms with van der Waals surface area (Å²) in [7, 11) is 0. The number of rotatable bonds is 1. The molecule has 0 bridgehead atoms. The summed E-state index contributed by atoms with van der Waals surface area (Å²) in [6.45, 7) is 0. The van der Waals surface area contributed by atoms with Crippen molar-refractivity contribution in [3.8, 4) is 17.3 Å². The Kier molecular flexibility index (Phi) is 2.62. The van der Waals surface area contributed by atoms with Gasteiger partial charge in [0.25, 0.3) is 0 Å². The molecule has 2 nitrogen and oxygen atoms in total. The molecule has 0 atom stereocenters. The maximum Gasteiger partial charge on any atom is 0.159 e. The standard InChI is InChI=1S/C10H5BrN2S/c11-10-13-9(6-14-10)8-4-2-1-3-7(8)5-12/h1-4,6H. The predicted octanol–water partition coefficient (Wildman–Crippen LogP) is 3.44. The molecule has 0 saturated heterocycles. The molecule has 0 unspecified atom stereocenters. The van der Waals surface area contributed by atoms with Crippen LogP contribution in [0.15, 0.2) is 33.6 Å². The second-order valence-electron chi connectivity index (χ2n) is 2.64. The molecule has 0 saturated carbocycles. The fourth-order valence-corrected chi connectivity index (χ4v) is 2.19. The van der Waals surface area contributed by atoms with Crippen LogP contribution in [0.2, 0.25) is 0 Å². The molecule has 68 valence electrons. The van der Waals surface area contributed by atoms with Crippen LogP contribution in [0.3, 0.4) is 0 Å². The lowest BCUT2D eigenvalue weighted by molar-refractivity contribution is 1.36. The normalized spacial score (nSPS) is 9.71. The quantitative estimate of drug-likeness (QED) is 0.791. The van der Waals surface area contributed by atoms with E-state index in [9.17, 15) is 0 Å². The van der Waals surface area contributed by atoms with Crippen molar-refractivity contribution in [3.05, 3.63) is 39.1 Å². The van der Waals surface area contributed by atoms with Crippen molar-refractivity contribution in [2.75, 3.05) is 0 Å². The lowest BCUT2D eigenvalue weighted by Crippen LogP contribution is -1.82. The first-order valence-corrected chi connectivity index (χ1v) is 5.59. The van der Waals surface area contributed by atoms with Gasteiger partial charge in [-0.15, -0.1) is 11.3 Å². The van der Waals surface area contributed by atoms with Gasteiger partial charge in [-0.3, -0.25) is 0 Å². The largest absolute Gasteiger partial charge is 0.229 e. The summed E-state index contributed by atoms with van der Waals surface area (Å²) in [6.07, 6.45) is 0. The van der Waals surface area contributed by atoms with Gasteiger partial charge in [0.05, 0.1) is 17.3 Å². The number of hydrogen-bond donors (Lipinski definition) is 0. The highest BCUT2D eigenvalue weighted by Gasteiger charge is 2.06. The minimum absolute atomic E-state index is 0.658. The molecule has 0 aliphatic heterocycles. The van der Waals surface area contributed by atoms with Gasteiger partial charge in [-0.1, -0.05) is 18.2 Å². The lowest BCUT2D eigenvalue weighted by Gasteiger charge is -1.97. The van der Waals surface area contributed by atoms with Crippen LogP contribution in [0, 0.1) is 11.3 Å². The maximum absolute atomic E-state index is 8.90. The van der Waals surface area contributed by atoms with Crippen LogP contribution in [0.4, 0.5) is 0 Å². The lowest BCUT2D eigenvalue weighted by atomic mass is 10.1. The van der Waals surface area contributed by atoms with Gasteiger partial charge in [-0.05, 0) is 22.0 Å². The molecule has 1 aromatic heterocycles. The molecule has 2 rings (SSSR count). The highest BCUT2D eigenvalue weighted by atomic mass is 79.9. The van der Waals surface area contributed by atoms with E-state index in [0.717, 1.165) is 15.2 Å². The van der Waals surface area contributed by atoms with Gasteiger partial charge < -0.3 is 0 Å². The number of hydrogen-bond acceptors (Lipinski definition) is 3. The molecule has 0 aliphatic rings. The maximum atomic E-state index is 8.90. The summed E-state index contributed by atoms with van der Waals surface area (Å²) in [5.74, 6) is 0. The zero-order valence-corrected chi connectivity index (χ0v) is 9.47. The Bertz CT molecular complexity index is 499. The van der Waals surface area contributed by atoms with E-state index in [2.05, 4.69) is 27.0 Å². The number of nitriles is 1. The summed E-state index contributed by atoms with van der Waals surface area (Å²) in [5.41, 5.74) is 2.39. The molecule has 4 heteroatoms. The Balaban J connectivity index is 2.57. The highest BCUT2D eigenvalue weighted by molar-refractivity contribution is 9.11. The van der Waals surface area contributed by atoms with Gasteiger partial charge in [0.15, 0.2) is 3.92 Å². The van der Waals surface area contributed by atoms with Crippen molar-refractivity contribution in [3.63, 3.8) is 0 Å². The third kappa shape index (κ3) is 1.69. The Labute approximate surface area is 94.0 Å². The van der Waals surface area contributed by atoms with Crippen molar-refractivity contribution in [1.29, 1.82) is 5.26 Å². The Morgan fingerprint density at radius 3 is 2.79 bits per heavy atom. The van der Waals surface area contributed by atoms with Gasteiger partial charge in [-0.2, -0.15) is 5.26 Å². The third-order valence-electron chi connectivity index (χ3n) is 1.80. The average molecular weight is 265 g/mol. The molecular formula is C10H5BrN2S. The monoisotopic (exact) mass is 264 g/mol. The number of benzene rings is 1. The van der Waals surface area contributed by atoms with Crippen LogP contribution in [0.25, 0.3) is 11.3 Å². The third-order valence-corrected chi connectivity index (χ3v) is 3.16. The van der Waals surface area contributed by atoms with E-state index in [0.29, 0.717) is 5.56 Å². The number of aromatic nitrogens is 1. The molecule has 0 N–H and O–H groups in total. The van der Waals surface area contributed by atoms with Crippen molar-refractivity contribution in [2.24, 2.45) is 0 Å². The molecule has 0 aliphatic carbocycles. The minimum atomic E-state index is 0.658. The van der Waals surface area contributed by atoms with E-state index in [1.807, 2.05) is 23.6 Å². The van der Waals surface area contributed by atoms with Gasteiger partial charge in [0, 0.05) is 10.9 Å². The molecular weight excluding hydrogens is 260 g/mol. The number of thiazole rings is 1. The van der Waals surface area contributed by atoms with Crippen LogP contribution in [0.1, 0.15) is 5.56 Å². The molecule has 14 heavy (non-hydrogen) atoms. The average Bonchev–Trinajstić information content (AvgIpc) is 2.65. The number of halogens is 1. The second kappa shape index (κ2) is 3.91. The molecule has 2 aromatic rings. The van der Waals surface area contributed by atoms with E-state index in [1.165, 1.54) is 11.3 Å². The van der Waals surface area contributed by atoms with Crippen molar-refractivity contribution in [2.45, 2.75) is 0 Å². The van der Waals surface area contributed by atoms with Crippen molar-refractivity contribution < 1.29 is 0 Å². The summed E-state index contributed by atoms with van der Waals surface area (Å²) in [6, 6.07) is 9.61. The van der Waals surface area contributed by atoms with Crippen LogP contribution in [-0.2, 0) is 0 Å². The van der Waals surface area contributed by atoms with E-state index >= 15 is 0 Å². The Morgan fingerprint density at radius 1 is 1.36 bits per heavy atom. The van der Waals surface area contributed by atoms with Crippen molar-refractivity contribution in [1.82, 2.24) is 4.98 Å². The van der Waals surface area contributed by atoms with Crippen LogP contribution >= 0.6 is 27.3 Å². The molecule has 0 spiro atoms. The van der Waals surface area contributed by atoms with E-state index in [1.54, 1.807) is 6.07 Å². The van der Waals surface area contributed by atoms with Crippen molar-refractivity contribution >= 4 is 27.3 Å². The van der Waals surface area contributed by atoms with E-state index in [4.69, 9.17) is 5.26 Å². The van der Waals surface area contributed by atoms with Crippen LogP contribution in [-0.4, -0.2) is 4.98 Å². The van der Waals surface area contributed by atoms with Crippen LogP contribution in [0.5, 0.6) is 0 Å². The van der Waals surface area contributed by atoms with Gasteiger partial charge in [0.2, 0.25) is 0 Å². The molecule has 1 aromatic carbocycles. The first kappa shape index (κ1) is 9.38. The zero-order chi connectivity index (χ0) is 9.97. The SMILES string of the molecule is N#Cc1ccccc1-c1csc(Br)n1. The Hall–Kier alpha value is -1.18. The molecule has 0 radical (unpaired) electrons. The summed E-state index contributed by atoms with van der Waals surface area (Å²) >= 11 is 4.81. The predicted molar refractivity (Wildman–Crippen MR) is 60.0 cm³/mol. The summed E-state index contributed by atoms with van der Waals surface area (Å²) < 4.78 is 0.834. The summed E-state index contributed by atoms with van der Waals surface area (Å²) in [5, 5.41) is 10.8. The van der Waals surface area contributed by atoms with E-state index in [-0.39, 0.29) is 0 Å². The Morgan fingerprint density at radius 2 is 2.14 bits per heavy atom. The minimum Gasteiger partial charge on any atom is -0.229 e. The molecule has 0 fully saturated rings. The summed E-state index contributed by atoms with van der Waals surface area (Å²) in [4.78, 5) is 4.27.